The Hall–Kier alpha value is -1.99. The number of carboxylic acids is 1. The van der Waals surface area contributed by atoms with Crippen molar-refractivity contribution in [3.63, 3.8) is 0 Å². The first-order chi connectivity index (χ1) is 9.94. The van der Waals surface area contributed by atoms with Gasteiger partial charge in [-0.3, -0.25) is 0 Å². The van der Waals surface area contributed by atoms with Crippen molar-refractivity contribution in [1.29, 1.82) is 0 Å². The summed E-state index contributed by atoms with van der Waals surface area (Å²) >= 11 is 0. The van der Waals surface area contributed by atoms with Gasteiger partial charge in [-0.2, -0.15) is 0 Å². The maximum Gasteiger partial charge on any atom is 0.407 e. The van der Waals surface area contributed by atoms with E-state index in [-0.39, 0.29) is 19.0 Å². The monoisotopic (exact) mass is 317 g/mol. The fourth-order valence-electron chi connectivity index (χ4n) is 1.50. The number of rotatable bonds is 6. The topological polar surface area (TPSA) is 108 Å². The number of ether oxygens (including phenoxy) is 1. The van der Waals surface area contributed by atoms with Crippen LogP contribution in [0.1, 0.15) is 34.6 Å². The lowest BCUT2D eigenvalue weighted by molar-refractivity contribution is -0.140. The van der Waals surface area contributed by atoms with Crippen LogP contribution < -0.4 is 10.6 Å². The lowest BCUT2D eigenvalue weighted by Gasteiger charge is -2.24. The summed E-state index contributed by atoms with van der Waals surface area (Å²) in [5.74, 6) is -1.31. The molecule has 0 heterocycles. The molecule has 8 nitrogen and oxygen atoms in total. The third-order valence-electron chi connectivity index (χ3n) is 2.67. The van der Waals surface area contributed by atoms with Crippen LogP contribution in [0.25, 0.3) is 0 Å². The molecular weight excluding hydrogens is 290 g/mol. The Morgan fingerprint density at radius 2 is 1.77 bits per heavy atom. The largest absolute Gasteiger partial charge is 0.480 e. The summed E-state index contributed by atoms with van der Waals surface area (Å²) in [6, 6.07) is -1.46. The minimum Gasteiger partial charge on any atom is -0.480 e. The highest BCUT2D eigenvalue weighted by Crippen LogP contribution is 2.06. The van der Waals surface area contributed by atoms with Gasteiger partial charge in [-0.05, 0) is 26.7 Å². The Balaban J connectivity index is 4.21. The highest BCUT2D eigenvalue weighted by Gasteiger charge is 2.24. The van der Waals surface area contributed by atoms with E-state index in [1.165, 1.54) is 11.9 Å². The maximum absolute atomic E-state index is 11.9. The molecule has 0 aliphatic heterocycles. The van der Waals surface area contributed by atoms with Gasteiger partial charge in [0.15, 0.2) is 0 Å². The molecule has 0 rings (SSSR count). The van der Waals surface area contributed by atoms with E-state index in [2.05, 4.69) is 10.6 Å². The number of carbonyl (C=O) groups excluding carboxylic acids is 2. The lowest BCUT2D eigenvalue weighted by Crippen LogP contribution is -2.50. The quantitative estimate of drug-likeness (QED) is 0.683. The minimum atomic E-state index is -1.08. The van der Waals surface area contributed by atoms with Crippen molar-refractivity contribution in [3.8, 4) is 0 Å². The van der Waals surface area contributed by atoms with Crippen LogP contribution in [0.3, 0.4) is 0 Å². The Morgan fingerprint density at radius 3 is 2.18 bits per heavy atom. The number of hydrogen-bond acceptors (Lipinski definition) is 4. The van der Waals surface area contributed by atoms with Crippen LogP contribution in [0.15, 0.2) is 0 Å². The van der Waals surface area contributed by atoms with Crippen LogP contribution in [0.2, 0.25) is 0 Å². The molecule has 128 valence electrons. The number of urea groups is 1. The molecule has 22 heavy (non-hydrogen) atoms. The molecule has 0 unspecified atom stereocenters. The van der Waals surface area contributed by atoms with Gasteiger partial charge in [-0.25, -0.2) is 14.4 Å². The summed E-state index contributed by atoms with van der Waals surface area (Å²) in [5.41, 5.74) is -0.584. The van der Waals surface area contributed by atoms with E-state index in [0.717, 1.165) is 0 Å². The van der Waals surface area contributed by atoms with Crippen LogP contribution in [0, 0.1) is 5.92 Å². The van der Waals surface area contributed by atoms with E-state index in [0.29, 0.717) is 0 Å². The molecule has 0 saturated carbocycles. The number of likely N-dealkylation sites (N-methyl/N-ethyl adjacent to an activating group) is 1. The van der Waals surface area contributed by atoms with Crippen LogP contribution >= 0.6 is 0 Å². The smallest absolute Gasteiger partial charge is 0.407 e. The average Bonchev–Trinajstić information content (AvgIpc) is 2.32. The summed E-state index contributed by atoms with van der Waals surface area (Å²) in [6.07, 6.45) is -0.563. The average molecular weight is 317 g/mol. The number of carbonyl (C=O) groups is 3. The van der Waals surface area contributed by atoms with Crippen molar-refractivity contribution in [3.05, 3.63) is 0 Å². The minimum absolute atomic E-state index is 0.207. The molecule has 3 amide bonds. The van der Waals surface area contributed by atoms with E-state index in [1.54, 1.807) is 34.6 Å². The third kappa shape index (κ3) is 8.33. The molecule has 0 aromatic heterocycles. The van der Waals surface area contributed by atoms with Crippen LogP contribution in [0.5, 0.6) is 0 Å². The molecule has 0 aliphatic carbocycles. The maximum atomic E-state index is 11.9. The SMILES string of the molecule is CC(C)[C@H](NC(=O)N(C)CCNC(=O)OC(C)(C)C)C(=O)O. The second-order valence-electron chi connectivity index (χ2n) is 6.36. The third-order valence-corrected chi connectivity index (χ3v) is 2.67. The summed E-state index contributed by atoms with van der Waals surface area (Å²) in [7, 11) is 1.52. The van der Waals surface area contributed by atoms with Gasteiger partial charge in [0.05, 0.1) is 0 Å². The molecule has 1 atom stereocenters. The highest BCUT2D eigenvalue weighted by molar-refractivity contribution is 5.82. The zero-order chi connectivity index (χ0) is 17.5. The molecule has 0 fully saturated rings. The van der Waals surface area contributed by atoms with E-state index >= 15 is 0 Å². The van der Waals surface area contributed by atoms with Crippen molar-refractivity contribution in [1.82, 2.24) is 15.5 Å². The molecule has 0 radical (unpaired) electrons. The number of nitrogens with zero attached hydrogens (tertiary/aromatic N) is 1. The normalized spacial score (nSPS) is 12.5. The van der Waals surface area contributed by atoms with Crippen LogP contribution in [0.4, 0.5) is 9.59 Å². The van der Waals surface area contributed by atoms with E-state index in [4.69, 9.17) is 9.84 Å². The number of carboxylic acid groups (broad SMARTS) is 1. The Morgan fingerprint density at radius 1 is 1.23 bits per heavy atom. The predicted octanol–water partition coefficient (Wildman–Crippen LogP) is 1.26. The number of amides is 3. The van der Waals surface area contributed by atoms with E-state index in [1.807, 2.05) is 0 Å². The molecule has 0 aromatic carbocycles. The zero-order valence-corrected chi connectivity index (χ0v) is 14.1. The summed E-state index contributed by atoms with van der Waals surface area (Å²) < 4.78 is 5.06. The lowest BCUT2D eigenvalue weighted by atomic mass is 10.1. The van der Waals surface area contributed by atoms with Gasteiger partial charge in [0.25, 0.3) is 0 Å². The van der Waals surface area contributed by atoms with Gasteiger partial charge < -0.3 is 25.4 Å². The summed E-state index contributed by atoms with van der Waals surface area (Å²) in [4.78, 5) is 35.6. The zero-order valence-electron chi connectivity index (χ0n) is 14.1. The Kier molecular flexibility index (Phi) is 7.69. The number of hydrogen-bond donors (Lipinski definition) is 3. The molecular formula is C14H27N3O5. The molecule has 0 saturated heterocycles. The second-order valence-corrected chi connectivity index (χ2v) is 6.36. The fourth-order valence-corrected chi connectivity index (χ4v) is 1.50. The summed E-state index contributed by atoms with van der Waals surface area (Å²) in [6.45, 7) is 9.12. The van der Waals surface area contributed by atoms with Crippen molar-refractivity contribution in [2.75, 3.05) is 20.1 Å². The number of nitrogens with one attached hydrogen (secondary N) is 2. The molecule has 0 spiro atoms. The van der Waals surface area contributed by atoms with Crippen LogP contribution in [-0.4, -0.2) is 59.9 Å². The van der Waals surface area contributed by atoms with Crippen LogP contribution in [-0.2, 0) is 9.53 Å². The molecule has 0 aliphatic rings. The molecule has 0 aromatic rings. The fraction of sp³-hybridized carbons (Fsp3) is 0.786. The number of alkyl carbamates (subject to hydrolysis) is 1. The van der Waals surface area contributed by atoms with Crippen molar-refractivity contribution < 1.29 is 24.2 Å². The number of aliphatic carboxylic acids is 1. The molecule has 3 N–H and O–H groups in total. The second kappa shape index (κ2) is 8.45. The van der Waals surface area contributed by atoms with Crippen molar-refractivity contribution in [2.24, 2.45) is 5.92 Å². The van der Waals surface area contributed by atoms with Gasteiger partial charge in [0.2, 0.25) is 0 Å². The van der Waals surface area contributed by atoms with Gasteiger partial charge in [-0.1, -0.05) is 13.8 Å². The van der Waals surface area contributed by atoms with E-state index in [9.17, 15) is 14.4 Å². The molecule has 0 bridgehead atoms. The standard InChI is InChI=1S/C14H27N3O5/c1-9(2)10(11(18)19)16-12(20)17(6)8-7-15-13(21)22-14(3,4)5/h9-10H,7-8H2,1-6H3,(H,15,21)(H,16,20)(H,18,19)/t10-/m0/s1. The first kappa shape index (κ1) is 20.0. The van der Waals surface area contributed by atoms with Gasteiger partial charge in [0.1, 0.15) is 11.6 Å². The van der Waals surface area contributed by atoms with E-state index < -0.39 is 29.7 Å². The van der Waals surface area contributed by atoms with Crippen molar-refractivity contribution >= 4 is 18.1 Å². The predicted molar refractivity (Wildman–Crippen MR) is 81.7 cm³/mol. The first-order valence-electron chi connectivity index (χ1n) is 7.15. The Labute approximate surface area is 131 Å². The summed E-state index contributed by atoms with van der Waals surface area (Å²) in [5, 5.41) is 14.0. The van der Waals surface area contributed by atoms with Gasteiger partial charge in [-0.15, -0.1) is 0 Å². The first-order valence-corrected chi connectivity index (χ1v) is 7.15. The molecule has 8 heteroatoms. The Bertz CT molecular complexity index is 404. The van der Waals surface area contributed by atoms with Crippen molar-refractivity contribution in [2.45, 2.75) is 46.3 Å². The van der Waals surface area contributed by atoms with Gasteiger partial charge in [0, 0.05) is 20.1 Å². The highest BCUT2D eigenvalue weighted by atomic mass is 16.6. The van der Waals surface area contributed by atoms with Gasteiger partial charge >= 0.3 is 18.1 Å².